The average Bonchev–Trinajstić information content (AvgIpc) is 2.43. The Bertz CT molecular complexity index is 626. The van der Waals surface area contributed by atoms with Gasteiger partial charge in [0.2, 0.25) is 5.91 Å². The number of amides is 1. The number of hydrogen-bond donors (Lipinski definition) is 2. The smallest absolute Gasteiger partial charge is 0.365 e. The van der Waals surface area contributed by atoms with E-state index in [-0.39, 0.29) is 17.5 Å². The number of fused-ring (bicyclic) bond motifs is 1. The normalized spacial score (nSPS) is 14.4. The molecule has 0 saturated carbocycles. The number of likely N-dealkylation sites (N-methyl/N-ethyl adjacent to an activating group) is 1. The molecule has 1 aromatic rings. The van der Waals surface area contributed by atoms with Crippen molar-refractivity contribution < 1.29 is 18.0 Å². The highest BCUT2D eigenvalue weighted by molar-refractivity contribution is 5.95. The lowest BCUT2D eigenvalue weighted by Crippen LogP contribution is -2.47. The number of carbonyl (C=O) groups excluding carboxylic acids is 1. The molecule has 0 atom stereocenters. The van der Waals surface area contributed by atoms with E-state index in [1.807, 2.05) is 13.8 Å². The summed E-state index contributed by atoms with van der Waals surface area (Å²) in [6.07, 6.45) is -4.06. The monoisotopic (exact) mass is 328 g/mol. The predicted octanol–water partition coefficient (Wildman–Crippen LogP) is 2.85. The number of benzene rings is 1. The summed E-state index contributed by atoms with van der Waals surface area (Å²) in [4.78, 5) is 17.6. The van der Waals surface area contributed by atoms with Crippen LogP contribution in [0.3, 0.4) is 0 Å². The van der Waals surface area contributed by atoms with Gasteiger partial charge in [-0.2, -0.15) is 13.2 Å². The molecule has 0 aliphatic carbocycles. The molecule has 0 bridgehead atoms. The minimum absolute atomic E-state index is 0.194. The number of anilines is 1. The average molecular weight is 328 g/mol. The Morgan fingerprint density at radius 1 is 1.39 bits per heavy atom. The maximum atomic E-state index is 12.8. The summed E-state index contributed by atoms with van der Waals surface area (Å²) in [5.41, 5.74) is 5.27. The fraction of sp³-hybridized carbons (Fsp3) is 0.467. The van der Waals surface area contributed by atoms with Gasteiger partial charge in [-0.25, -0.2) is 4.99 Å². The van der Waals surface area contributed by atoms with Crippen LogP contribution < -0.4 is 15.8 Å². The first-order valence-corrected chi connectivity index (χ1v) is 7.21. The number of hydrogen-bond acceptors (Lipinski definition) is 4. The van der Waals surface area contributed by atoms with Crippen molar-refractivity contribution in [2.24, 2.45) is 10.9 Å². The van der Waals surface area contributed by atoms with Gasteiger partial charge in [-0.05, 0) is 24.1 Å². The second kappa shape index (κ2) is 6.47. The van der Waals surface area contributed by atoms with Crippen LogP contribution in [0.5, 0.6) is 0 Å². The van der Waals surface area contributed by atoms with Crippen molar-refractivity contribution in [3.05, 3.63) is 23.8 Å². The van der Waals surface area contributed by atoms with Crippen molar-refractivity contribution >= 4 is 23.1 Å². The predicted molar refractivity (Wildman–Crippen MR) is 82.5 cm³/mol. The largest absolute Gasteiger partial charge is 0.416 e. The van der Waals surface area contributed by atoms with E-state index in [0.717, 1.165) is 12.1 Å². The van der Waals surface area contributed by atoms with Crippen molar-refractivity contribution in [1.82, 2.24) is 10.9 Å². The molecular formula is C15H19F3N4O. The van der Waals surface area contributed by atoms with Crippen LogP contribution in [-0.2, 0) is 11.0 Å². The van der Waals surface area contributed by atoms with Gasteiger partial charge in [0.05, 0.1) is 23.5 Å². The lowest BCUT2D eigenvalue weighted by atomic mass is 10.1. The Hall–Kier alpha value is -2.25. The van der Waals surface area contributed by atoms with Gasteiger partial charge in [0.1, 0.15) is 5.84 Å². The van der Waals surface area contributed by atoms with E-state index >= 15 is 0 Å². The molecule has 23 heavy (non-hydrogen) atoms. The number of nitrogens with zero attached hydrogens (tertiary/aromatic N) is 2. The fourth-order valence-corrected chi connectivity index (χ4v) is 2.23. The molecule has 0 fully saturated rings. The van der Waals surface area contributed by atoms with Crippen LogP contribution in [-0.4, -0.2) is 25.3 Å². The molecule has 1 aromatic carbocycles. The molecule has 0 radical (unpaired) electrons. The minimum atomic E-state index is -4.42. The third-order valence-corrected chi connectivity index (χ3v) is 3.30. The van der Waals surface area contributed by atoms with Gasteiger partial charge in [0.25, 0.3) is 0 Å². The Balaban J connectivity index is 2.16. The van der Waals surface area contributed by atoms with E-state index < -0.39 is 11.7 Å². The SMILES string of the molecule is CC(C)CC(=O)NNC1=Nc2cc(C(F)(F)F)ccc2N(C)C1. The first-order chi connectivity index (χ1) is 10.7. The van der Waals surface area contributed by atoms with Crippen molar-refractivity contribution in [2.75, 3.05) is 18.5 Å². The molecule has 0 unspecified atom stereocenters. The molecule has 0 spiro atoms. The van der Waals surface area contributed by atoms with Crippen LogP contribution >= 0.6 is 0 Å². The highest BCUT2D eigenvalue weighted by Gasteiger charge is 2.32. The van der Waals surface area contributed by atoms with E-state index in [2.05, 4.69) is 15.8 Å². The summed E-state index contributed by atoms with van der Waals surface area (Å²) in [6, 6.07) is 3.44. The van der Waals surface area contributed by atoms with Gasteiger partial charge in [-0.3, -0.25) is 15.6 Å². The quantitative estimate of drug-likeness (QED) is 0.821. The summed E-state index contributed by atoms with van der Waals surface area (Å²) in [5, 5.41) is 0. The first-order valence-electron chi connectivity index (χ1n) is 7.21. The number of alkyl halides is 3. The van der Waals surface area contributed by atoms with Crippen LogP contribution in [0.1, 0.15) is 25.8 Å². The zero-order valence-corrected chi connectivity index (χ0v) is 13.2. The Morgan fingerprint density at radius 3 is 2.70 bits per heavy atom. The number of carbonyl (C=O) groups is 1. The molecule has 2 N–H and O–H groups in total. The molecule has 8 heteroatoms. The van der Waals surface area contributed by atoms with E-state index in [4.69, 9.17) is 0 Å². The van der Waals surface area contributed by atoms with Crippen molar-refractivity contribution in [3.63, 3.8) is 0 Å². The molecule has 2 rings (SSSR count). The molecule has 1 aliphatic heterocycles. The number of halogens is 3. The van der Waals surface area contributed by atoms with E-state index in [0.29, 0.717) is 24.5 Å². The highest BCUT2D eigenvalue weighted by Crippen LogP contribution is 2.37. The lowest BCUT2D eigenvalue weighted by Gasteiger charge is -2.27. The second-order valence-corrected chi connectivity index (χ2v) is 5.89. The Morgan fingerprint density at radius 2 is 2.09 bits per heavy atom. The van der Waals surface area contributed by atoms with Gasteiger partial charge < -0.3 is 4.90 Å². The molecule has 1 heterocycles. The van der Waals surface area contributed by atoms with Crippen LogP contribution in [0, 0.1) is 5.92 Å². The van der Waals surface area contributed by atoms with E-state index in [1.54, 1.807) is 11.9 Å². The minimum Gasteiger partial charge on any atom is -0.365 e. The molecule has 0 aromatic heterocycles. The van der Waals surface area contributed by atoms with Crippen LogP contribution in [0.25, 0.3) is 0 Å². The summed E-state index contributed by atoms with van der Waals surface area (Å²) < 4.78 is 38.4. The third-order valence-electron chi connectivity index (χ3n) is 3.30. The van der Waals surface area contributed by atoms with Crippen molar-refractivity contribution in [1.29, 1.82) is 0 Å². The number of rotatable bonds is 2. The topological polar surface area (TPSA) is 56.7 Å². The number of amidine groups is 1. The maximum absolute atomic E-state index is 12.8. The summed E-state index contributed by atoms with van der Waals surface area (Å²) in [5.74, 6) is 0.402. The fourth-order valence-electron chi connectivity index (χ4n) is 2.23. The molecular weight excluding hydrogens is 309 g/mol. The summed E-state index contributed by atoms with van der Waals surface area (Å²) in [6.45, 7) is 4.20. The van der Waals surface area contributed by atoms with Gasteiger partial charge >= 0.3 is 6.18 Å². The second-order valence-electron chi connectivity index (χ2n) is 5.89. The molecule has 1 aliphatic rings. The van der Waals surface area contributed by atoms with Crippen molar-refractivity contribution in [3.8, 4) is 0 Å². The molecule has 0 saturated heterocycles. The van der Waals surface area contributed by atoms with Crippen LogP contribution in [0.4, 0.5) is 24.5 Å². The molecule has 126 valence electrons. The Labute approximate surface area is 132 Å². The zero-order chi connectivity index (χ0) is 17.2. The van der Waals surface area contributed by atoms with Gasteiger partial charge in [-0.1, -0.05) is 13.8 Å². The Kier molecular flexibility index (Phi) is 4.82. The number of aliphatic imine (C=N–C) groups is 1. The lowest BCUT2D eigenvalue weighted by molar-refractivity contribution is -0.137. The van der Waals surface area contributed by atoms with Crippen LogP contribution in [0.2, 0.25) is 0 Å². The summed E-state index contributed by atoms with van der Waals surface area (Å²) in [7, 11) is 1.75. The van der Waals surface area contributed by atoms with Gasteiger partial charge in [0.15, 0.2) is 0 Å². The number of nitrogens with one attached hydrogen (secondary N) is 2. The highest BCUT2D eigenvalue weighted by atomic mass is 19.4. The molecule has 1 amide bonds. The molecule has 5 nitrogen and oxygen atoms in total. The third kappa shape index (κ3) is 4.37. The first kappa shape index (κ1) is 17.1. The van der Waals surface area contributed by atoms with Gasteiger partial charge in [0, 0.05) is 13.5 Å². The van der Waals surface area contributed by atoms with E-state index in [9.17, 15) is 18.0 Å². The zero-order valence-electron chi connectivity index (χ0n) is 13.2. The van der Waals surface area contributed by atoms with Gasteiger partial charge in [-0.15, -0.1) is 0 Å². The van der Waals surface area contributed by atoms with E-state index in [1.165, 1.54) is 6.07 Å². The summed E-state index contributed by atoms with van der Waals surface area (Å²) >= 11 is 0. The number of hydrazine groups is 1. The van der Waals surface area contributed by atoms with Crippen LogP contribution in [0.15, 0.2) is 23.2 Å². The maximum Gasteiger partial charge on any atom is 0.416 e. The standard InChI is InChI=1S/C15H19F3N4O/c1-9(2)6-14(23)21-20-13-8-22(3)12-5-4-10(15(16,17)18)7-11(12)19-13/h4-5,7,9H,6,8H2,1-3H3,(H,19,20)(H,21,23). The van der Waals surface area contributed by atoms with Crippen molar-refractivity contribution in [2.45, 2.75) is 26.4 Å².